The molecule has 7 N–H and O–H groups in total. The number of hydrogen-bond acceptors (Lipinski definition) is 7. The summed E-state index contributed by atoms with van der Waals surface area (Å²) in [4.78, 5) is 72.0. The molecule has 0 aromatic heterocycles. The number of halogens is 1. The summed E-state index contributed by atoms with van der Waals surface area (Å²) in [7, 11) is 0. The van der Waals surface area contributed by atoms with E-state index in [4.69, 9.17) is 22.1 Å². The fourth-order valence-electron chi connectivity index (χ4n) is 3.61. The summed E-state index contributed by atoms with van der Waals surface area (Å²) < 4.78 is 4.95. The van der Waals surface area contributed by atoms with E-state index in [-0.39, 0.29) is 49.6 Å². The largest absolute Gasteiger partial charge is 0.461 e. The molecular formula is C27H41ClN6O7. The molecule has 0 radical (unpaired) electrons. The van der Waals surface area contributed by atoms with Crippen LogP contribution in [0, 0.1) is 5.92 Å². The van der Waals surface area contributed by atoms with Crippen molar-refractivity contribution in [2.75, 3.05) is 24.3 Å². The van der Waals surface area contributed by atoms with Crippen LogP contribution in [0.25, 0.3) is 0 Å². The number of urea groups is 1. The van der Waals surface area contributed by atoms with Crippen molar-refractivity contribution in [1.82, 2.24) is 21.3 Å². The number of rotatable bonds is 18. The van der Waals surface area contributed by atoms with Crippen molar-refractivity contribution < 1.29 is 33.5 Å². The van der Waals surface area contributed by atoms with Gasteiger partial charge in [-0.3, -0.25) is 24.0 Å². The zero-order chi connectivity index (χ0) is 30.8. The molecule has 0 heterocycles. The standard InChI is InChI=1S/C27H41ClN6O7/c1-17(2)24(34-22(36)8-4-5-13-30-23(37)15-28)26(39)33-21(7-6-14-31-27(29)40)25(38)32-20-11-9-19(10-12-20)16-41-18(3)35/h9-12,17,21,24H,4-8,13-16H2,1-3H3,(H,30,37)(H,32,38)(H,33,39)(H,34,36)(H3,29,31,40)/t21?,24-/m0/s1. The minimum Gasteiger partial charge on any atom is -0.461 e. The highest BCUT2D eigenvalue weighted by atomic mass is 35.5. The minimum absolute atomic E-state index is 0.0992. The second kappa shape index (κ2) is 19.2. The molecule has 1 unspecified atom stereocenters. The second-order valence-electron chi connectivity index (χ2n) is 9.69. The fraction of sp³-hybridized carbons (Fsp3) is 0.556. The van der Waals surface area contributed by atoms with Gasteiger partial charge in [-0.25, -0.2) is 4.79 Å². The number of carbonyl (C=O) groups excluding carboxylic acids is 6. The molecule has 1 aromatic carbocycles. The first kappa shape index (κ1) is 35.2. The number of primary amides is 1. The predicted octanol–water partition coefficient (Wildman–Crippen LogP) is 1.29. The van der Waals surface area contributed by atoms with E-state index >= 15 is 0 Å². The molecule has 0 saturated heterocycles. The Hall–Kier alpha value is -3.87. The van der Waals surface area contributed by atoms with Crippen molar-refractivity contribution in [2.24, 2.45) is 11.7 Å². The average Bonchev–Trinajstić information content (AvgIpc) is 2.92. The Balaban J connectivity index is 2.81. The van der Waals surface area contributed by atoms with Crippen LogP contribution in [0.4, 0.5) is 10.5 Å². The lowest BCUT2D eigenvalue weighted by Crippen LogP contribution is -2.54. The summed E-state index contributed by atoms with van der Waals surface area (Å²) in [6.45, 7) is 5.55. The van der Waals surface area contributed by atoms with Gasteiger partial charge in [-0.2, -0.15) is 0 Å². The lowest BCUT2D eigenvalue weighted by atomic mass is 10.0. The maximum Gasteiger partial charge on any atom is 0.312 e. The normalized spacial score (nSPS) is 12.0. The van der Waals surface area contributed by atoms with E-state index in [0.29, 0.717) is 31.5 Å². The quantitative estimate of drug-likeness (QED) is 0.0833. The Morgan fingerprint density at radius 3 is 2.12 bits per heavy atom. The topological polar surface area (TPSA) is 198 Å². The molecule has 228 valence electrons. The molecule has 0 bridgehead atoms. The van der Waals surface area contributed by atoms with E-state index < -0.39 is 35.9 Å². The zero-order valence-corrected chi connectivity index (χ0v) is 24.5. The molecular weight excluding hydrogens is 556 g/mol. The number of esters is 1. The zero-order valence-electron chi connectivity index (χ0n) is 23.7. The van der Waals surface area contributed by atoms with E-state index in [0.717, 1.165) is 5.56 Å². The number of ether oxygens (including phenoxy) is 1. The summed E-state index contributed by atoms with van der Waals surface area (Å²) in [5.41, 5.74) is 6.30. The van der Waals surface area contributed by atoms with Crippen LogP contribution in [0.5, 0.6) is 0 Å². The highest BCUT2D eigenvalue weighted by molar-refractivity contribution is 6.27. The Kier molecular flexibility index (Phi) is 16.5. The SMILES string of the molecule is CC(=O)OCc1ccc(NC(=O)C(CCCNC(N)=O)NC(=O)[C@@H](NC(=O)CCCCNC(=O)CCl)C(C)C)cc1. The number of unbranched alkanes of at least 4 members (excludes halogenated alkanes) is 1. The third-order valence-corrected chi connectivity index (χ3v) is 6.05. The van der Waals surface area contributed by atoms with Gasteiger partial charge < -0.3 is 37.1 Å². The van der Waals surface area contributed by atoms with Gasteiger partial charge >= 0.3 is 12.0 Å². The van der Waals surface area contributed by atoms with Crippen LogP contribution in [0.15, 0.2) is 24.3 Å². The van der Waals surface area contributed by atoms with Crippen molar-refractivity contribution in [2.45, 2.75) is 71.6 Å². The van der Waals surface area contributed by atoms with Crippen molar-refractivity contribution in [3.63, 3.8) is 0 Å². The van der Waals surface area contributed by atoms with Crippen molar-refractivity contribution >= 4 is 52.9 Å². The summed E-state index contributed by atoms with van der Waals surface area (Å²) in [5, 5.41) is 13.3. The van der Waals surface area contributed by atoms with Gasteiger partial charge in [0.25, 0.3) is 0 Å². The van der Waals surface area contributed by atoms with Crippen molar-refractivity contribution in [3.8, 4) is 0 Å². The van der Waals surface area contributed by atoms with Gasteiger partial charge in [0.05, 0.1) is 0 Å². The molecule has 0 fully saturated rings. The van der Waals surface area contributed by atoms with Crippen LogP contribution < -0.4 is 32.3 Å². The van der Waals surface area contributed by atoms with Gasteiger partial charge in [0.15, 0.2) is 0 Å². The van der Waals surface area contributed by atoms with Gasteiger partial charge in [0, 0.05) is 32.1 Å². The van der Waals surface area contributed by atoms with Crippen molar-refractivity contribution in [1.29, 1.82) is 0 Å². The van der Waals surface area contributed by atoms with Crippen LogP contribution in [-0.2, 0) is 35.3 Å². The van der Waals surface area contributed by atoms with Crippen molar-refractivity contribution in [3.05, 3.63) is 29.8 Å². The van der Waals surface area contributed by atoms with Crippen LogP contribution >= 0.6 is 11.6 Å². The number of nitrogens with one attached hydrogen (secondary N) is 5. The number of benzene rings is 1. The van der Waals surface area contributed by atoms with Gasteiger partial charge in [0.2, 0.25) is 23.6 Å². The Morgan fingerprint density at radius 1 is 0.878 bits per heavy atom. The maximum atomic E-state index is 13.2. The molecule has 0 aliphatic carbocycles. The minimum atomic E-state index is -0.971. The van der Waals surface area contributed by atoms with E-state index in [2.05, 4.69) is 26.6 Å². The summed E-state index contributed by atoms with van der Waals surface area (Å²) >= 11 is 5.43. The number of amides is 6. The summed E-state index contributed by atoms with van der Waals surface area (Å²) in [5.74, 6) is -2.44. The molecule has 14 heteroatoms. The molecule has 0 aliphatic heterocycles. The van der Waals surface area contributed by atoms with Crippen LogP contribution in [0.3, 0.4) is 0 Å². The molecule has 1 aromatic rings. The average molecular weight is 597 g/mol. The van der Waals surface area contributed by atoms with Crippen LogP contribution in [0.1, 0.15) is 58.4 Å². The molecule has 13 nitrogen and oxygen atoms in total. The lowest BCUT2D eigenvalue weighted by Gasteiger charge is -2.25. The Labute approximate surface area is 245 Å². The van der Waals surface area contributed by atoms with Gasteiger partial charge in [-0.15, -0.1) is 11.6 Å². The monoisotopic (exact) mass is 596 g/mol. The highest BCUT2D eigenvalue weighted by Crippen LogP contribution is 2.13. The third-order valence-electron chi connectivity index (χ3n) is 5.81. The van der Waals surface area contributed by atoms with E-state index in [1.165, 1.54) is 6.92 Å². The number of carbonyl (C=O) groups is 6. The first-order chi connectivity index (χ1) is 19.4. The van der Waals surface area contributed by atoms with Crippen LogP contribution in [0.2, 0.25) is 0 Å². The number of anilines is 1. The van der Waals surface area contributed by atoms with Gasteiger partial charge in [-0.1, -0.05) is 26.0 Å². The summed E-state index contributed by atoms with van der Waals surface area (Å²) in [6.07, 6.45) is 1.76. The van der Waals surface area contributed by atoms with E-state index in [9.17, 15) is 28.8 Å². The molecule has 2 atom stereocenters. The molecule has 6 amide bonds. The van der Waals surface area contributed by atoms with E-state index in [1.54, 1.807) is 38.1 Å². The Morgan fingerprint density at radius 2 is 1.54 bits per heavy atom. The number of nitrogens with two attached hydrogens (primary N) is 1. The fourth-order valence-corrected chi connectivity index (χ4v) is 3.71. The molecule has 0 spiro atoms. The lowest BCUT2D eigenvalue weighted by molar-refractivity contribution is -0.142. The van der Waals surface area contributed by atoms with E-state index in [1.807, 2.05) is 0 Å². The molecule has 0 aliphatic rings. The smallest absolute Gasteiger partial charge is 0.312 e. The molecule has 41 heavy (non-hydrogen) atoms. The number of hydrogen-bond donors (Lipinski definition) is 6. The predicted molar refractivity (Wildman–Crippen MR) is 154 cm³/mol. The second-order valence-corrected chi connectivity index (χ2v) is 9.96. The summed E-state index contributed by atoms with van der Waals surface area (Å²) in [6, 6.07) is 4.11. The Bertz CT molecular complexity index is 1040. The van der Waals surface area contributed by atoms with Crippen LogP contribution in [-0.4, -0.2) is 66.7 Å². The first-order valence-corrected chi connectivity index (χ1v) is 13.9. The highest BCUT2D eigenvalue weighted by Gasteiger charge is 2.28. The maximum absolute atomic E-state index is 13.2. The van der Waals surface area contributed by atoms with Gasteiger partial charge in [-0.05, 0) is 49.3 Å². The molecule has 0 saturated carbocycles. The third kappa shape index (κ3) is 15.5. The van der Waals surface area contributed by atoms with Gasteiger partial charge in [0.1, 0.15) is 24.6 Å². The number of alkyl halides is 1. The first-order valence-electron chi connectivity index (χ1n) is 13.4. The molecule has 1 rings (SSSR count).